The Bertz CT molecular complexity index is 1210. The molecular weight excluding hydrogens is 446 g/mol. The number of sulfonamides is 1. The molecule has 0 spiro atoms. The smallest absolute Gasteiger partial charge is 0.261 e. The Morgan fingerprint density at radius 2 is 1.48 bits per heavy atom. The quantitative estimate of drug-likeness (QED) is 0.467. The van der Waals surface area contributed by atoms with Crippen LogP contribution in [0.3, 0.4) is 0 Å². The van der Waals surface area contributed by atoms with E-state index in [-0.39, 0.29) is 55.7 Å². The van der Waals surface area contributed by atoms with E-state index in [0.717, 1.165) is 4.90 Å². The lowest BCUT2D eigenvalue weighted by molar-refractivity contribution is -0.132. The molecule has 2 aliphatic rings. The van der Waals surface area contributed by atoms with Gasteiger partial charge in [0, 0.05) is 44.7 Å². The van der Waals surface area contributed by atoms with E-state index < -0.39 is 21.8 Å². The van der Waals surface area contributed by atoms with E-state index in [1.165, 1.54) is 34.3 Å². The first-order chi connectivity index (χ1) is 15.7. The van der Waals surface area contributed by atoms with Crippen LogP contribution in [0.1, 0.15) is 44.4 Å². The molecule has 9 nitrogen and oxygen atoms in total. The zero-order valence-corrected chi connectivity index (χ0v) is 18.9. The van der Waals surface area contributed by atoms with Crippen LogP contribution >= 0.6 is 0 Å². The molecule has 10 heteroatoms. The van der Waals surface area contributed by atoms with Crippen molar-refractivity contribution in [3.8, 4) is 0 Å². The van der Waals surface area contributed by atoms with Gasteiger partial charge < -0.3 is 4.90 Å². The van der Waals surface area contributed by atoms with E-state index in [0.29, 0.717) is 16.7 Å². The van der Waals surface area contributed by atoms with Crippen molar-refractivity contribution in [2.24, 2.45) is 0 Å². The number of piperazine rings is 1. The third-order valence-electron chi connectivity index (χ3n) is 5.90. The van der Waals surface area contributed by atoms with Gasteiger partial charge in [-0.25, -0.2) is 8.42 Å². The highest BCUT2D eigenvalue weighted by Crippen LogP contribution is 2.23. The molecule has 0 saturated carbocycles. The van der Waals surface area contributed by atoms with Crippen LogP contribution in [0.2, 0.25) is 0 Å². The van der Waals surface area contributed by atoms with Gasteiger partial charge in [0.2, 0.25) is 15.9 Å². The molecule has 0 aromatic heterocycles. The van der Waals surface area contributed by atoms with Gasteiger partial charge in [-0.2, -0.15) is 4.31 Å². The van der Waals surface area contributed by atoms with Crippen molar-refractivity contribution >= 4 is 33.5 Å². The van der Waals surface area contributed by atoms with Crippen LogP contribution in [0.5, 0.6) is 0 Å². The maximum Gasteiger partial charge on any atom is 0.261 e. The maximum atomic E-state index is 12.9. The minimum atomic E-state index is -3.79. The zero-order valence-electron chi connectivity index (χ0n) is 18.1. The van der Waals surface area contributed by atoms with Gasteiger partial charge in [0.25, 0.3) is 11.8 Å². The first-order valence-electron chi connectivity index (χ1n) is 10.5. The number of hydrogen-bond donors (Lipinski definition) is 0. The lowest BCUT2D eigenvalue weighted by Crippen LogP contribution is -2.51. The first kappa shape index (κ1) is 22.8. The van der Waals surface area contributed by atoms with E-state index in [1.807, 2.05) is 0 Å². The molecule has 1 saturated heterocycles. The molecule has 0 unspecified atom stereocenters. The van der Waals surface area contributed by atoms with E-state index in [9.17, 15) is 27.6 Å². The molecule has 0 atom stereocenters. The molecule has 33 heavy (non-hydrogen) atoms. The molecule has 172 valence electrons. The van der Waals surface area contributed by atoms with Gasteiger partial charge in [0.15, 0.2) is 5.78 Å². The molecule has 4 rings (SSSR count). The number of rotatable bonds is 6. The Morgan fingerprint density at radius 3 is 2.06 bits per heavy atom. The lowest BCUT2D eigenvalue weighted by atomic mass is 10.1. The van der Waals surface area contributed by atoms with Gasteiger partial charge in [-0.1, -0.05) is 24.3 Å². The summed E-state index contributed by atoms with van der Waals surface area (Å²) in [6.45, 7) is 1.98. The Balaban J connectivity index is 1.34. The fourth-order valence-corrected chi connectivity index (χ4v) is 5.48. The number of imide groups is 1. The topological polar surface area (TPSA) is 112 Å². The predicted octanol–water partition coefficient (Wildman–Crippen LogP) is 1.41. The van der Waals surface area contributed by atoms with E-state index in [2.05, 4.69) is 0 Å². The largest absolute Gasteiger partial charge is 0.340 e. The lowest BCUT2D eigenvalue weighted by Gasteiger charge is -2.34. The molecular formula is C23H23N3O6S. The number of carbonyl (C=O) groups is 4. The summed E-state index contributed by atoms with van der Waals surface area (Å²) in [5.41, 5.74) is 0.989. The van der Waals surface area contributed by atoms with E-state index in [4.69, 9.17) is 0 Å². The number of hydrogen-bond acceptors (Lipinski definition) is 6. The number of Topliss-reactive ketones (excluding diaryl/α,β-unsaturated/α-hetero) is 1. The van der Waals surface area contributed by atoms with Crippen molar-refractivity contribution in [2.45, 2.75) is 18.2 Å². The summed E-state index contributed by atoms with van der Waals surface area (Å²) in [6, 6.07) is 12.4. The van der Waals surface area contributed by atoms with Gasteiger partial charge in [-0.3, -0.25) is 24.1 Å². The molecule has 0 bridgehead atoms. The van der Waals surface area contributed by atoms with Crippen molar-refractivity contribution in [1.82, 2.24) is 14.1 Å². The fraction of sp³-hybridized carbons (Fsp3) is 0.304. The third-order valence-corrected chi connectivity index (χ3v) is 7.79. The summed E-state index contributed by atoms with van der Waals surface area (Å²) in [5.74, 6) is -1.29. The average Bonchev–Trinajstić information content (AvgIpc) is 3.07. The van der Waals surface area contributed by atoms with Gasteiger partial charge >= 0.3 is 0 Å². The summed E-state index contributed by atoms with van der Waals surface area (Å²) in [5, 5.41) is 0. The van der Waals surface area contributed by atoms with Crippen molar-refractivity contribution < 1.29 is 27.6 Å². The van der Waals surface area contributed by atoms with Crippen molar-refractivity contribution in [1.29, 1.82) is 0 Å². The van der Waals surface area contributed by atoms with E-state index in [1.54, 1.807) is 30.3 Å². The predicted molar refractivity (Wildman–Crippen MR) is 118 cm³/mol. The second-order valence-electron chi connectivity index (χ2n) is 7.93. The summed E-state index contributed by atoms with van der Waals surface area (Å²) in [6.07, 6.45) is -0.0289. The van der Waals surface area contributed by atoms with Crippen LogP contribution in [0.4, 0.5) is 0 Å². The SMILES string of the molecule is CC(=O)c1cccc(S(=O)(=O)N2CCN(C(=O)CCN3C(=O)c4ccccc4C3=O)CC2)c1. The molecule has 3 amide bonds. The number of nitrogens with zero attached hydrogens (tertiary/aromatic N) is 3. The Kier molecular flexibility index (Phi) is 6.13. The number of amides is 3. The maximum absolute atomic E-state index is 12.9. The van der Waals surface area contributed by atoms with Crippen molar-refractivity contribution in [3.05, 3.63) is 65.2 Å². The van der Waals surface area contributed by atoms with Crippen LogP contribution in [-0.2, 0) is 14.8 Å². The van der Waals surface area contributed by atoms with Crippen LogP contribution in [-0.4, -0.2) is 78.8 Å². The molecule has 2 heterocycles. The summed E-state index contributed by atoms with van der Waals surface area (Å²) < 4.78 is 27.2. The highest BCUT2D eigenvalue weighted by atomic mass is 32.2. The number of benzene rings is 2. The normalized spacial score (nSPS) is 16.8. The molecule has 1 fully saturated rings. The Labute approximate surface area is 191 Å². The van der Waals surface area contributed by atoms with Gasteiger partial charge in [-0.05, 0) is 31.2 Å². The van der Waals surface area contributed by atoms with Crippen molar-refractivity contribution in [2.75, 3.05) is 32.7 Å². The Hall–Kier alpha value is -3.37. The molecule has 2 aromatic rings. The molecule has 0 N–H and O–H groups in total. The second-order valence-corrected chi connectivity index (χ2v) is 9.86. The molecule has 0 aliphatic carbocycles. The van der Waals surface area contributed by atoms with Crippen LogP contribution < -0.4 is 0 Å². The van der Waals surface area contributed by atoms with Crippen LogP contribution in [0, 0.1) is 0 Å². The first-order valence-corrected chi connectivity index (χ1v) is 12.0. The minimum absolute atomic E-state index is 0.0263. The highest BCUT2D eigenvalue weighted by molar-refractivity contribution is 7.89. The van der Waals surface area contributed by atoms with Crippen LogP contribution in [0.15, 0.2) is 53.4 Å². The summed E-state index contributed by atoms with van der Waals surface area (Å²) in [7, 11) is -3.79. The van der Waals surface area contributed by atoms with E-state index >= 15 is 0 Å². The second kappa shape index (κ2) is 8.87. The summed E-state index contributed by atoms with van der Waals surface area (Å²) in [4.78, 5) is 51.8. The average molecular weight is 470 g/mol. The standard InChI is InChI=1S/C23H23N3O6S/c1-16(27)17-5-4-6-18(15-17)33(31,32)25-13-11-24(12-14-25)21(28)9-10-26-22(29)19-7-2-3-8-20(19)23(26)30/h2-8,15H,9-14H2,1H3. The zero-order chi connectivity index (χ0) is 23.8. The van der Waals surface area contributed by atoms with Gasteiger partial charge in [-0.15, -0.1) is 0 Å². The van der Waals surface area contributed by atoms with Crippen LogP contribution in [0.25, 0.3) is 0 Å². The number of ketones is 1. The van der Waals surface area contributed by atoms with Crippen molar-refractivity contribution in [3.63, 3.8) is 0 Å². The summed E-state index contributed by atoms with van der Waals surface area (Å²) >= 11 is 0. The fourth-order valence-electron chi connectivity index (χ4n) is 4.01. The molecule has 0 radical (unpaired) electrons. The monoisotopic (exact) mass is 469 g/mol. The van der Waals surface area contributed by atoms with Gasteiger partial charge in [0.1, 0.15) is 0 Å². The minimum Gasteiger partial charge on any atom is -0.340 e. The third kappa shape index (κ3) is 4.31. The Morgan fingerprint density at radius 1 is 0.879 bits per heavy atom. The number of carbonyl (C=O) groups excluding carboxylic acids is 4. The highest BCUT2D eigenvalue weighted by Gasteiger charge is 2.36. The molecule has 2 aromatic carbocycles. The number of fused-ring (bicyclic) bond motifs is 1. The molecule has 2 aliphatic heterocycles. The van der Waals surface area contributed by atoms with Gasteiger partial charge in [0.05, 0.1) is 16.0 Å².